The molecule has 0 aliphatic heterocycles. The highest BCUT2D eigenvalue weighted by Crippen LogP contribution is 2.27. The van der Waals surface area contributed by atoms with E-state index >= 15 is 0 Å². The van der Waals surface area contributed by atoms with Crippen LogP contribution in [0.3, 0.4) is 0 Å². The fourth-order valence-corrected chi connectivity index (χ4v) is 2.33. The van der Waals surface area contributed by atoms with Gasteiger partial charge in [0.25, 0.3) is 0 Å². The molecule has 0 saturated carbocycles. The van der Waals surface area contributed by atoms with Crippen molar-refractivity contribution in [2.24, 2.45) is 5.73 Å². The molecule has 2 aromatic rings. The molecule has 2 N–H and O–H groups in total. The molecular weight excluding hydrogens is 330 g/mol. The summed E-state index contributed by atoms with van der Waals surface area (Å²) in [4.78, 5) is 4.05. The quantitative estimate of drug-likeness (QED) is 0.901. The molecule has 0 saturated heterocycles. The van der Waals surface area contributed by atoms with Gasteiger partial charge in [0.1, 0.15) is 5.75 Å². The largest absolute Gasteiger partial charge is 0.434 e. The minimum Gasteiger partial charge on any atom is -0.434 e. The van der Waals surface area contributed by atoms with Crippen LogP contribution in [0.25, 0.3) is 0 Å². The second-order valence-electron chi connectivity index (χ2n) is 4.24. The molecule has 20 heavy (non-hydrogen) atoms. The summed E-state index contributed by atoms with van der Waals surface area (Å²) in [6.07, 6.45) is 3.85. The lowest BCUT2D eigenvalue weighted by Gasteiger charge is -2.16. The van der Waals surface area contributed by atoms with Gasteiger partial charge in [-0.05, 0) is 40.0 Å². The lowest BCUT2D eigenvalue weighted by atomic mass is 10.00. The maximum absolute atomic E-state index is 12.4. The Bertz CT molecular complexity index is 581. The van der Waals surface area contributed by atoms with Gasteiger partial charge in [0.2, 0.25) is 0 Å². The van der Waals surface area contributed by atoms with E-state index in [1.807, 2.05) is 6.07 Å². The zero-order chi connectivity index (χ0) is 14.5. The Morgan fingerprint density at radius 3 is 2.70 bits per heavy atom. The van der Waals surface area contributed by atoms with Crippen LogP contribution < -0.4 is 10.5 Å². The van der Waals surface area contributed by atoms with E-state index in [4.69, 9.17) is 5.73 Å². The second kappa shape index (κ2) is 6.76. The van der Waals surface area contributed by atoms with Crippen LogP contribution in [0.2, 0.25) is 0 Å². The number of nitrogens with two attached hydrogens (primary N) is 1. The van der Waals surface area contributed by atoms with Crippen molar-refractivity contribution in [3.63, 3.8) is 0 Å². The molecule has 1 atom stereocenters. The van der Waals surface area contributed by atoms with E-state index in [0.29, 0.717) is 12.0 Å². The molecule has 1 unspecified atom stereocenters. The average Bonchev–Trinajstić information content (AvgIpc) is 2.38. The molecule has 0 bridgehead atoms. The Labute approximate surface area is 123 Å². The molecule has 1 aromatic heterocycles. The van der Waals surface area contributed by atoms with E-state index in [9.17, 15) is 8.78 Å². The van der Waals surface area contributed by atoms with Gasteiger partial charge in [-0.3, -0.25) is 4.98 Å². The number of nitrogens with zero attached hydrogens (tertiary/aromatic N) is 1. The van der Waals surface area contributed by atoms with E-state index in [1.165, 1.54) is 6.07 Å². The summed E-state index contributed by atoms with van der Waals surface area (Å²) in [5.41, 5.74) is 7.55. The highest BCUT2D eigenvalue weighted by atomic mass is 79.9. The third-order valence-electron chi connectivity index (χ3n) is 2.75. The van der Waals surface area contributed by atoms with E-state index in [0.717, 1.165) is 10.0 Å². The molecule has 2 rings (SSSR count). The van der Waals surface area contributed by atoms with Gasteiger partial charge in [0, 0.05) is 28.5 Å². The van der Waals surface area contributed by atoms with Crippen molar-refractivity contribution in [1.29, 1.82) is 0 Å². The molecule has 0 aliphatic rings. The highest BCUT2D eigenvalue weighted by Gasteiger charge is 2.15. The first-order valence-electron chi connectivity index (χ1n) is 5.95. The normalized spacial score (nSPS) is 12.4. The van der Waals surface area contributed by atoms with Gasteiger partial charge in [-0.2, -0.15) is 8.78 Å². The number of hydrogen-bond acceptors (Lipinski definition) is 3. The lowest BCUT2D eigenvalue weighted by molar-refractivity contribution is -0.0506. The number of benzene rings is 1. The molecule has 0 amide bonds. The summed E-state index contributed by atoms with van der Waals surface area (Å²) in [6.45, 7) is -2.86. The molecule has 0 aliphatic carbocycles. The summed E-state index contributed by atoms with van der Waals surface area (Å²) < 4.78 is 30.1. The van der Waals surface area contributed by atoms with E-state index < -0.39 is 12.7 Å². The standard InChI is InChI=1S/C14H13BrF2N2O/c15-10-5-9(7-19-8-10)6-12(18)11-3-1-2-4-13(11)20-14(16)17/h1-5,7-8,12,14H,6,18H2. The van der Waals surface area contributed by atoms with Gasteiger partial charge >= 0.3 is 6.61 Å². The zero-order valence-corrected chi connectivity index (χ0v) is 12.1. The minimum absolute atomic E-state index is 0.109. The van der Waals surface area contributed by atoms with Gasteiger partial charge in [-0.1, -0.05) is 18.2 Å². The van der Waals surface area contributed by atoms with Crippen molar-refractivity contribution in [3.8, 4) is 5.75 Å². The van der Waals surface area contributed by atoms with Gasteiger partial charge in [0.15, 0.2) is 0 Å². The molecule has 106 valence electrons. The minimum atomic E-state index is -2.86. The van der Waals surface area contributed by atoms with Crippen molar-refractivity contribution in [2.45, 2.75) is 19.1 Å². The van der Waals surface area contributed by atoms with E-state index in [2.05, 4.69) is 25.7 Å². The molecule has 1 heterocycles. The maximum Gasteiger partial charge on any atom is 0.387 e. The van der Waals surface area contributed by atoms with Gasteiger partial charge < -0.3 is 10.5 Å². The molecule has 6 heteroatoms. The zero-order valence-electron chi connectivity index (χ0n) is 10.5. The smallest absolute Gasteiger partial charge is 0.387 e. The van der Waals surface area contributed by atoms with Crippen LogP contribution in [0, 0.1) is 0 Å². The monoisotopic (exact) mass is 342 g/mol. The molecule has 3 nitrogen and oxygen atoms in total. The number of para-hydroxylation sites is 1. The average molecular weight is 343 g/mol. The summed E-state index contributed by atoms with van der Waals surface area (Å²) in [5, 5.41) is 0. The van der Waals surface area contributed by atoms with Crippen LogP contribution in [-0.4, -0.2) is 11.6 Å². The number of pyridine rings is 1. The van der Waals surface area contributed by atoms with Crippen LogP contribution in [0.15, 0.2) is 47.2 Å². The topological polar surface area (TPSA) is 48.1 Å². The van der Waals surface area contributed by atoms with Crippen molar-refractivity contribution in [1.82, 2.24) is 4.98 Å². The first kappa shape index (κ1) is 14.9. The van der Waals surface area contributed by atoms with Crippen LogP contribution in [-0.2, 0) is 6.42 Å². The SMILES string of the molecule is NC(Cc1cncc(Br)c1)c1ccccc1OC(F)F. The van der Waals surface area contributed by atoms with E-state index in [-0.39, 0.29) is 5.75 Å². The van der Waals surface area contributed by atoms with Crippen molar-refractivity contribution < 1.29 is 13.5 Å². The fourth-order valence-electron chi connectivity index (χ4n) is 1.92. The number of halogens is 3. The second-order valence-corrected chi connectivity index (χ2v) is 5.15. The van der Waals surface area contributed by atoms with E-state index in [1.54, 1.807) is 30.6 Å². The Morgan fingerprint density at radius 1 is 1.25 bits per heavy atom. The number of hydrogen-bond donors (Lipinski definition) is 1. The fraction of sp³-hybridized carbons (Fsp3) is 0.214. The Balaban J connectivity index is 2.18. The van der Waals surface area contributed by atoms with Gasteiger partial charge in [-0.25, -0.2) is 0 Å². The predicted octanol–water partition coefficient (Wildman–Crippen LogP) is 3.69. The van der Waals surface area contributed by atoms with Crippen molar-refractivity contribution >= 4 is 15.9 Å². The number of ether oxygens (including phenoxy) is 1. The highest BCUT2D eigenvalue weighted by molar-refractivity contribution is 9.10. The Morgan fingerprint density at radius 2 is 2.00 bits per heavy atom. The van der Waals surface area contributed by atoms with Gasteiger partial charge in [-0.15, -0.1) is 0 Å². The Kier molecular flexibility index (Phi) is 5.03. The van der Waals surface area contributed by atoms with Crippen LogP contribution in [0.4, 0.5) is 8.78 Å². The maximum atomic E-state index is 12.4. The number of alkyl halides is 2. The third-order valence-corrected chi connectivity index (χ3v) is 3.19. The number of rotatable bonds is 5. The summed E-state index contributed by atoms with van der Waals surface area (Å²) in [7, 11) is 0. The first-order chi connectivity index (χ1) is 9.56. The lowest BCUT2D eigenvalue weighted by Crippen LogP contribution is -2.16. The molecular formula is C14H13BrF2N2O. The summed E-state index contributed by atoms with van der Waals surface area (Å²) in [6, 6.07) is 8.00. The predicted molar refractivity (Wildman–Crippen MR) is 75.6 cm³/mol. The molecule has 0 spiro atoms. The molecule has 0 fully saturated rings. The van der Waals surface area contributed by atoms with Crippen LogP contribution in [0.1, 0.15) is 17.2 Å². The van der Waals surface area contributed by atoms with Crippen molar-refractivity contribution in [3.05, 3.63) is 58.3 Å². The summed E-state index contributed by atoms with van der Waals surface area (Å²) in [5.74, 6) is 0.109. The molecule has 1 aromatic carbocycles. The van der Waals surface area contributed by atoms with Gasteiger partial charge in [0.05, 0.1) is 0 Å². The third kappa shape index (κ3) is 3.98. The molecule has 0 radical (unpaired) electrons. The van der Waals surface area contributed by atoms with Crippen molar-refractivity contribution in [2.75, 3.05) is 0 Å². The summed E-state index contributed by atoms with van der Waals surface area (Å²) >= 11 is 3.33. The first-order valence-corrected chi connectivity index (χ1v) is 6.74. The van der Waals surface area contributed by atoms with Crippen LogP contribution in [0.5, 0.6) is 5.75 Å². The van der Waals surface area contributed by atoms with Crippen LogP contribution >= 0.6 is 15.9 Å². The number of aromatic nitrogens is 1. The Hall–Kier alpha value is -1.53.